The number of hydrogen-bond acceptors (Lipinski definition) is 4. The third-order valence-corrected chi connectivity index (χ3v) is 5.38. The highest BCUT2D eigenvalue weighted by atomic mass is 19.4. The first-order valence-corrected chi connectivity index (χ1v) is 10.5. The third kappa shape index (κ3) is 4.93. The van der Waals surface area contributed by atoms with Crippen LogP contribution in [0.5, 0.6) is 0 Å². The van der Waals surface area contributed by atoms with Crippen LogP contribution >= 0.6 is 0 Å². The van der Waals surface area contributed by atoms with Gasteiger partial charge in [-0.15, -0.1) is 0 Å². The monoisotopic (exact) mass is 484 g/mol. The van der Waals surface area contributed by atoms with Gasteiger partial charge in [0.05, 0.1) is 12.3 Å². The number of rotatable bonds is 6. The van der Waals surface area contributed by atoms with Crippen LogP contribution in [0.1, 0.15) is 27.3 Å². The van der Waals surface area contributed by atoms with Gasteiger partial charge in [0.15, 0.2) is 5.69 Å². The quantitative estimate of drug-likeness (QED) is 0.340. The molecule has 0 aliphatic rings. The zero-order valence-electron chi connectivity index (χ0n) is 18.2. The van der Waals surface area contributed by atoms with Crippen molar-refractivity contribution in [3.8, 4) is 16.8 Å². The normalized spacial score (nSPS) is 11.5. The number of hydrogen-bond donors (Lipinski definition) is 3. The van der Waals surface area contributed by atoms with Crippen molar-refractivity contribution in [3.05, 3.63) is 101 Å². The number of carbonyl (C=O) groups is 1. The van der Waals surface area contributed by atoms with Crippen molar-refractivity contribution in [3.63, 3.8) is 0 Å². The summed E-state index contributed by atoms with van der Waals surface area (Å²) in [5.41, 5.74) is 6.00. The zero-order valence-corrected chi connectivity index (χ0v) is 18.2. The number of amides is 1. The summed E-state index contributed by atoms with van der Waals surface area (Å²) in [5, 5.41) is 15.5. The average Bonchev–Trinajstić information content (AvgIpc) is 3.30. The molecule has 0 aliphatic carbocycles. The van der Waals surface area contributed by atoms with Crippen molar-refractivity contribution in [2.75, 3.05) is 5.32 Å². The summed E-state index contributed by atoms with van der Waals surface area (Å²) in [6, 6.07) is 17.6. The highest BCUT2D eigenvalue weighted by molar-refractivity contribution is 6.03. The summed E-state index contributed by atoms with van der Waals surface area (Å²) >= 11 is 0. The van der Waals surface area contributed by atoms with E-state index in [9.17, 15) is 27.5 Å². The molecule has 1 aromatic heterocycles. The maximum absolute atomic E-state index is 14.9. The molecular weight excluding hydrogens is 464 g/mol. The highest BCUT2D eigenvalue weighted by Crippen LogP contribution is 2.31. The molecule has 1 heterocycles. The number of aliphatic hydroxyl groups excluding tert-OH is 1. The van der Waals surface area contributed by atoms with E-state index in [2.05, 4.69) is 10.4 Å². The Morgan fingerprint density at radius 3 is 2.31 bits per heavy atom. The number of aromatic nitrogens is 2. The lowest BCUT2D eigenvalue weighted by atomic mass is 9.99. The molecule has 0 radical (unpaired) electrons. The Balaban J connectivity index is 1.70. The number of benzene rings is 3. The number of anilines is 1. The average molecular weight is 484 g/mol. The van der Waals surface area contributed by atoms with Gasteiger partial charge in [-0.25, -0.2) is 9.07 Å². The molecule has 4 aromatic rings. The first kappa shape index (κ1) is 24.1. The van der Waals surface area contributed by atoms with E-state index in [1.54, 1.807) is 42.5 Å². The number of nitrogens with one attached hydrogen (secondary N) is 1. The molecular formula is C25H20F4N4O2. The second-order valence-electron chi connectivity index (χ2n) is 7.62. The van der Waals surface area contributed by atoms with Gasteiger partial charge in [0, 0.05) is 23.9 Å². The minimum atomic E-state index is -4.79. The predicted molar refractivity (Wildman–Crippen MR) is 122 cm³/mol. The van der Waals surface area contributed by atoms with Crippen LogP contribution in [-0.2, 0) is 19.3 Å². The molecule has 0 bridgehead atoms. The molecule has 6 nitrogen and oxygen atoms in total. The van der Waals surface area contributed by atoms with Crippen LogP contribution in [0.4, 0.5) is 23.2 Å². The maximum atomic E-state index is 14.9. The molecule has 4 rings (SSSR count). The molecule has 0 fully saturated rings. The Morgan fingerprint density at radius 2 is 1.66 bits per heavy atom. The molecule has 4 N–H and O–H groups in total. The van der Waals surface area contributed by atoms with Crippen molar-refractivity contribution in [1.29, 1.82) is 0 Å². The van der Waals surface area contributed by atoms with E-state index in [4.69, 9.17) is 5.73 Å². The van der Waals surface area contributed by atoms with Crippen LogP contribution in [0.25, 0.3) is 16.8 Å². The van der Waals surface area contributed by atoms with Crippen molar-refractivity contribution in [2.45, 2.75) is 19.3 Å². The van der Waals surface area contributed by atoms with Gasteiger partial charge < -0.3 is 16.2 Å². The predicted octanol–water partition coefficient (Wildman–Crippen LogP) is 4.90. The van der Waals surface area contributed by atoms with Crippen molar-refractivity contribution >= 4 is 11.6 Å². The van der Waals surface area contributed by atoms with E-state index in [0.29, 0.717) is 22.8 Å². The third-order valence-electron chi connectivity index (χ3n) is 5.38. The molecule has 0 spiro atoms. The Hall–Kier alpha value is -4.02. The van der Waals surface area contributed by atoms with E-state index in [1.807, 2.05) is 0 Å². The van der Waals surface area contributed by atoms with Gasteiger partial charge in [-0.2, -0.15) is 18.3 Å². The Morgan fingerprint density at radius 1 is 0.971 bits per heavy atom. The minimum Gasteiger partial charge on any atom is -0.392 e. The van der Waals surface area contributed by atoms with Crippen LogP contribution in [-0.4, -0.2) is 20.8 Å². The molecule has 0 unspecified atom stereocenters. The summed E-state index contributed by atoms with van der Waals surface area (Å²) in [6.07, 6.45) is -4.79. The van der Waals surface area contributed by atoms with Gasteiger partial charge in [-0.3, -0.25) is 4.79 Å². The fourth-order valence-electron chi connectivity index (χ4n) is 3.68. The maximum Gasteiger partial charge on any atom is 0.435 e. The van der Waals surface area contributed by atoms with Crippen molar-refractivity contribution in [2.24, 2.45) is 5.73 Å². The van der Waals surface area contributed by atoms with Crippen LogP contribution in [0.15, 0.2) is 72.8 Å². The van der Waals surface area contributed by atoms with Crippen LogP contribution in [0.2, 0.25) is 0 Å². The first-order valence-electron chi connectivity index (χ1n) is 10.5. The van der Waals surface area contributed by atoms with Gasteiger partial charge in [-0.1, -0.05) is 42.5 Å². The number of aliphatic hydroxyl groups is 1. The summed E-state index contributed by atoms with van der Waals surface area (Å²) in [5.74, 6) is -1.59. The van der Waals surface area contributed by atoms with Gasteiger partial charge in [-0.05, 0) is 41.0 Å². The van der Waals surface area contributed by atoms with E-state index in [0.717, 1.165) is 10.7 Å². The number of carbonyl (C=O) groups excluding carboxylic acids is 1. The molecule has 1 amide bonds. The first-order chi connectivity index (χ1) is 16.7. The lowest BCUT2D eigenvalue weighted by Gasteiger charge is -2.13. The summed E-state index contributed by atoms with van der Waals surface area (Å²) in [7, 11) is 0. The number of para-hydroxylation sites is 1. The van der Waals surface area contributed by atoms with E-state index in [-0.39, 0.29) is 30.1 Å². The largest absolute Gasteiger partial charge is 0.435 e. The summed E-state index contributed by atoms with van der Waals surface area (Å²) < 4.78 is 55.9. The Bertz CT molecular complexity index is 1380. The number of nitrogens with two attached hydrogens (primary N) is 1. The molecule has 180 valence electrons. The van der Waals surface area contributed by atoms with Gasteiger partial charge in [0.2, 0.25) is 0 Å². The molecule has 0 aliphatic heterocycles. The lowest BCUT2D eigenvalue weighted by molar-refractivity contribution is -0.141. The smallest absolute Gasteiger partial charge is 0.392 e. The van der Waals surface area contributed by atoms with E-state index in [1.165, 1.54) is 18.2 Å². The zero-order chi connectivity index (χ0) is 25.2. The molecule has 3 aromatic carbocycles. The number of nitrogens with zero attached hydrogens (tertiary/aromatic N) is 2. The SMILES string of the molecule is NCc1ccccc1-n1nc(C(F)(F)F)cc1C(=O)Nc1ccc(-c2ccccc2CO)c(F)c1. The fourth-order valence-corrected chi connectivity index (χ4v) is 3.68. The van der Waals surface area contributed by atoms with Gasteiger partial charge in [0.1, 0.15) is 11.5 Å². The lowest BCUT2D eigenvalue weighted by Crippen LogP contribution is -2.18. The molecule has 0 saturated heterocycles. The van der Waals surface area contributed by atoms with Crippen LogP contribution < -0.4 is 11.1 Å². The molecule has 10 heteroatoms. The molecule has 0 saturated carbocycles. The number of alkyl halides is 3. The van der Waals surface area contributed by atoms with Crippen molar-refractivity contribution < 1.29 is 27.5 Å². The highest BCUT2D eigenvalue weighted by Gasteiger charge is 2.36. The standard InChI is InChI=1S/C25H20F4N4O2/c26-20-11-17(9-10-19(20)18-7-3-1-6-16(18)14-34)31-24(35)22-12-23(25(27,28)29)32-33(22)21-8-4-2-5-15(21)13-30/h1-12,34H,13-14,30H2,(H,31,35). The fraction of sp³-hybridized carbons (Fsp3) is 0.120. The van der Waals surface area contributed by atoms with Crippen LogP contribution in [0, 0.1) is 5.82 Å². The summed E-state index contributed by atoms with van der Waals surface area (Å²) in [6.45, 7) is -0.273. The number of halogens is 4. The van der Waals surface area contributed by atoms with Crippen LogP contribution in [0.3, 0.4) is 0 Å². The van der Waals surface area contributed by atoms with E-state index >= 15 is 0 Å². The van der Waals surface area contributed by atoms with E-state index < -0.39 is 29.3 Å². The molecule has 35 heavy (non-hydrogen) atoms. The van der Waals surface area contributed by atoms with Crippen molar-refractivity contribution in [1.82, 2.24) is 9.78 Å². The van der Waals surface area contributed by atoms with Gasteiger partial charge >= 0.3 is 6.18 Å². The topological polar surface area (TPSA) is 93.2 Å². The summed E-state index contributed by atoms with van der Waals surface area (Å²) in [4.78, 5) is 13.0. The Kier molecular flexibility index (Phi) is 6.68. The Labute approximate surface area is 197 Å². The molecule has 0 atom stereocenters. The second-order valence-corrected chi connectivity index (χ2v) is 7.62. The van der Waals surface area contributed by atoms with Gasteiger partial charge in [0.25, 0.3) is 5.91 Å². The second kappa shape index (κ2) is 9.69. The minimum absolute atomic E-state index is 0.0143.